The lowest BCUT2D eigenvalue weighted by Crippen LogP contribution is -2.47. The fourth-order valence-corrected chi connectivity index (χ4v) is 3.47. The van der Waals surface area contributed by atoms with Crippen molar-refractivity contribution in [3.8, 4) is 0 Å². The lowest BCUT2D eigenvalue weighted by atomic mass is 10.2. The van der Waals surface area contributed by atoms with Crippen molar-refractivity contribution < 1.29 is 4.48 Å². The van der Waals surface area contributed by atoms with Crippen molar-refractivity contribution in [3.63, 3.8) is 0 Å². The molecule has 0 N–H and O–H groups in total. The van der Waals surface area contributed by atoms with E-state index in [0.29, 0.717) is 0 Å². The van der Waals surface area contributed by atoms with Crippen LogP contribution in [0.4, 0.5) is 0 Å². The van der Waals surface area contributed by atoms with Gasteiger partial charge in [-0.2, -0.15) is 4.99 Å². The molecule has 0 spiro atoms. The van der Waals surface area contributed by atoms with Gasteiger partial charge in [0.2, 0.25) is 5.84 Å². The molecule has 0 radical (unpaired) electrons. The molecule has 0 aromatic carbocycles. The van der Waals surface area contributed by atoms with Crippen LogP contribution >= 0.6 is 11.3 Å². The summed E-state index contributed by atoms with van der Waals surface area (Å²) in [5, 5.41) is 0. The van der Waals surface area contributed by atoms with Crippen LogP contribution in [0.2, 0.25) is 0 Å². The molecule has 0 bridgehead atoms. The van der Waals surface area contributed by atoms with E-state index in [1.165, 1.54) is 28.4 Å². The largest absolute Gasteiger partial charge is 0.250 e. The predicted molar refractivity (Wildman–Crippen MR) is 75.3 cm³/mol. The number of hydrogen-bond acceptors (Lipinski definition) is 2. The standard InChI is InChI=1S/C14H21N2S/c1-4-9-16(10-5-2)11-8-15-14(16)13-7-6-12(3)17-13/h6-8,11H,4-5,9-10H2,1-3H3/q+1. The van der Waals surface area contributed by atoms with Gasteiger partial charge in [0.15, 0.2) is 0 Å². The number of nitrogens with zero attached hydrogens (tertiary/aromatic N) is 2. The summed E-state index contributed by atoms with van der Waals surface area (Å²) >= 11 is 1.85. The first kappa shape index (κ1) is 12.5. The Balaban J connectivity index is 2.33. The van der Waals surface area contributed by atoms with Crippen LogP contribution in [0.15, 0.2) is 29.5 Å². The minimum absolute atomic E-state index is 0.937. The van der Waals surface area contributed by atoms with Gasteiger partial charge in [0.25, 0.3) is 0 Å². The van der Waals surface area contributed by atoms with Gasteiger partial charge in [0.1, 0.15) is 11.1 Å². The third-order valence-electron chi connectivity index (χ3n) is 3.18. The van der Waals surface area contributed by atoms with E-state index in [0.717, 1.165) is 17.6 Å². The fraction of sp³-hybridized carbons (Fsp3) is 0.500. The molecule has 1 aliphatic heterocycles. The second kappa shape index (κ2) is 5.15. The first-order chi connectivity index (χ1) is 8.22. The number of aliphatic imine (C=N–C) groups is 1. The Morgan fingerprint density at radius 2 is 1.88 bits per heavy atom. The van der Waals surface area contributed by atoms with E-state index in [2.05, 4.69) is 44.1 Å². The van der Waals surface area contributed by atoms with Gasteiger partial charge in [-0.25, -0.2) is 4.48 Å². The van der Waals surface area contributed by atoms with Crippen LogP contribution in [-0.4, -0.2) is 23.4 Å². The average Bonchev–Trinajstić information content (AvgIpc) is 2.86. The molecule has 2 heterocycles. The zero-order valence-corrected chi connectivity index (χ0v) is 11.8. The zero-order valence-electron chi connectivity index (χ0n) is 10.9. The molecular weight excluding hydrogens is 228 g/mol. The van der Waals surface area contributed by atoms with E-state index in [1.54, 1.807) is 0 Å². The first-order valence-corrected chi connectivity index (χ1v) is 7.23. The van der Waals surface area contributed by atoms with Crippen LogP contribution in [0.25, 0.3) is 0 Å². The van der Waals surface area contributed by atoms with Crippen LogP contribution in [-0.2, 0) is 0 Å². The number of hydrogen-bond donors (Lipinski definition) is 0. The van der Waals surface area contributed by atoms with E-state index in [4.69, 9.17) is 0 Å². The lowest BCUT2D eigenvalue weighted by molar-refractivity contribution is -0.785. The van der Waals surface area contributed by atoms with Crippen molar-refractivity contribution in [3.05, 3.63) is 34.3 Å². The van der Waals surface area contributed by atoms with Gasteiger partial charge in [-0.15, -0.1) is 11.3 Å². The topological polar surface area (TPSA) is 12.4 Å². The molecule has 0 amide bonds. The Morgan fingerprint density at radius 3 is 2.41 bits per heavy atom. The van der Waals surface area contributed by atoms with Crippen molar-refractivity contribution in [2.24, 2.45) is 4.99 Å². The van der Waals surface area contributed by atoms with Crippen LogP contribution in [0.1, 0.15) is 36.4 Å². The summed E-state index contributed by atoms with van der Waals surface area (Å²) in [5.41, 5.74) is 0. The fourth-order valence-electron chi connectivity index (χ4n) is 2.53. The molecule has 0 saturated heterocycles. The van der Waals surface area contributed by atoms with Gasteiger partial charge in [0, 0.05) is 4.88 Å². The smallest absolute Gasteiger partial charge is 0.246 e. The van der Waals surface area contributed by atoms with Crippen LogP contribution in [0.5, 0.6) is 0 Å². The summed E-state index contributed by atoms with van der Waals surface area (Å²) in [6, 6.07) is 4.40. The highest BCUT2D eigenvalue weighted by atomic mass is 32.1. The van der Waals surface area contributed by atoms with Gasteiger partial charge in [0.05, 0.1) is 19.3 Å². The van der Waals surface area contributed by atoms with Gasteiger partial charge < -0.3 is 0 Å². The van der Waals surface area contributed by atoms with Crippen molar-refractivity contribution in [1.82, 2.24) is 0 Å². The Kier molecular flexibility index (Phi) is 3.79. The summed E-state index contributed by atoms with van der Waals surface area (Å²) < 4.78 is 0.937. The van der Waals surface area contributed by atoms with Crippen LogP contribution in [0.3, 0.4) is 0 Å². The molecule has 1 aromatic heterocycles. The highest BCUT2D eigenvalue weighted by molar-refractivity contribution is 7.13. The monoisotopic (exact) mass is 249 g/mol. The second-order valence-corrected chi connectivity index (χ2v) is 5.93. The number of aryl methyl sites for hydroxylation is 1. The Labute approximate surface area is 108 Å². The lowest BCUT2D eigenvalue weighted by Gasteiger charge is -2.31. The Morgan fingerprint density at radius 1 is 1.18 bits per heavy atom. The third-order valence-corrected chi connectivity index (χ3v) is 4.17. The molecule has 17 heavy (non-hydrogen) atoms. The van der Waals surface area contributed by atoms with E-state index in [1.807, 2.05) is 17.5 Å². The normalized spacial score (nSPS) is 17.5. The van der Waals surface area contributed by atoms with Crippen molar-refractivity contribution >= 4 is 17.2 Å². The summed E-state index contributed by atoms with van der Waals surface area (Å²) in [4.78, 5) is 7.32. The van der Waals surface area contributed by atoms with Gasteiger partial charge in [-0.05, 0) is 31.9 Å². The summed E-state index contributed by atoms with van der Waals surface area (Å²) in [5.74, 6) is 1.24. The minimum atomic E-state index is 0.937. The molecular formula is C14H21N2S+. The zero-order chi connectivity index (χ0) is 12.3. The molecule has 1 aliphatic rings. The highest BCUT2D eigenvalue weighted by Gasteiger charge is 2.35. The molecule has 0 atom stereocenters. The molecule has 3 heteroatoms. The Bertz CT molecular complexity index is 437. The van der Waals surface area contributed by atoms with E-state index in [9.17, 15) is 0 Å². The number of amidine groups is 1. The van der Waals surface area contributed by atoms with Crippen molar-refractivity contribution in [2.75, 3.05) is 13.1 Å². The maximum atomic E-state index is 4.63. The number of quaternary nitrogens is 1. The van der Waals surface area contributed by atoms with E-state index in [-0.39, 0.29) is 0 Å². The summed E-state index contributed by atoms with van der Waals surface area (Å²) in [6.07, 6.45) is 6.62. The van der Waals surface area contributed by atoms with Crippen LogP contribution in [0, 0.1) is 6.92 Å². The van der Waals surface area contributed by atoms with Crippen molar-refractivity contribution in [2.45, 2.75) is 33.6 Å². The predicted octanol–water partition coefficient (Wildman–Crippen LogP) is 3.92. The molecule has 0 saturated carbocycles. The minimum Gasteiger partial charge on any atom is -0.246 e. The first-order valence-electron chi connectivity index (χ1n) is 6.41. The maximum absolute atomic E-state index is 4.63. The Hall–Kier alpha value is -0.930. The molecule has 0 fully saturated rings. The molecule has 2 nitrogen and oxygen atoms in total. The number of thiophene rings is 1. The van der Waals surface area contributed by atoms with E-state index >= 15 is 0 Å². The molecule has 0 aliphatic carbocycles. The van der Waals surface area contributed by atoms with E-state index < -0.39 is 0 Å². The summed E-state index contributed by atoms with van der Waals surface area (Å²) in [6.45, 7) is 8.96. The number of rotatable bonds is 5. The van der Waals surface area contributed by atoms with Crippen LogP contribution < -0.4 is 0 Å². The maximum Gasteiger partial charge on any atom is 0.250 e. The van der Waals surface area contributed by atoms with Gasteiger partial charge >= 0.3 is 0 Å². The molecule has 2 rings (SSSR count). The van der Waals surface area contributed by atoms with Crippen molar-refractivity contribution in [1.29, 1.82) is 0 Å². The molecule has 1 aromatic rings. The highest BCUT2D eigenvalue weighted by Crippen LogP contribution is 2.27. The van der Waals surface area contributed by atoms with Gasteiger partial charge in [-0.1, -0.05) is 13.8 Å². The van der Waals surface area contributed by atoms with Gasteiger partial charge in [-0.3, -0.25) is 0 Å². The molecule has 0 unspecified atom stereocenters. The second-order valence-electron chi connectivity index (χ2n) is 4.64. The quantitative estimate of drug-likeness (QED) is 0.701. The average molecular weight is 249 g/mol. The molecule has 92 valence electrons. The SMILES string of the molecule is CCC[N+]1(CCC)C=CN=C1c1ccc(C)s1. The third kappa shape index (κ3) is 2.35. The summed E-state index contributed by atoms with van der Waals surface area (Å²) in [7, 11) is 0.